The maximum Gasteiger partial charge on any atom is 0.325 e. The summed E-state index contributed by atoms with van der Waals surface area (Å²) in [4.78, 5) is 41.1. The lowest BCUT2D eigenvalue weighted by atomic mass is 10.1. The Labute approximate surface area is 266 Å². The molecule has 0 aliphatic rings. The van der Waals surface area contributed by atoms with E-state index < -0.39 is 33.9 Å². The van der Waals surface area contributed by atoms with Crippen LogP contribution >= 0.6 is 27.7 Å². The van der Waals surface area contributed by atoms with Gasteiger partial charge in [0.25, 0.3) is 21.8 Å². The fourth-order valence-electron chi connectivity index (χ4n) is 3.80. The van der Waals surface area contributed by atoms with Crippen LogP contribution in [0.2, 0.25) is 0 Å². The van der Waals surface area contributed by atoms with Crippen LogP contribution in [0.25, 0.3) is 0 Å². The Morgan fingerprint density at radius 3 is 2.26 bits per heavy atom. The molecule has 0 aromatic heterocycles. The number of amides is 4. The van der Waals surface area contributed by atoms with Crippen LogP contribution in [-0.4, -0.2) is 55.3 Å². The first-order chi connectivity index (χ1) is 20.5. The lowest BCUT2D eigenvalue weighted by molar-refractivity contribution is -0.120. The number of carbonyl (C=O) groups is 3. The van der Waals surface area contributed by atoms with Gasteiger partial charge in [0, 0.05) is 33.5 Å². The molecule has 0 heterocycles. The van der Waals surface area contributed by atoms with Crippen molar-refractivity contribution < 1.29 is 22.8 Å². The van der Waals surface area contributed by atoms with Crippen molar-refractivity contribution in [3.63, 3.8) is 0 Å². The summed E-state index contributed by atoms with van der Waals surface area (Å²) in [5, 5.41) is 2.60. The third-order valence-corrected chi connectivity index (χ3v) is 9.17. The van der Waals surface area contributed by atoms with Crippen LogP contribution < -0.4 is 10.0 Å². The summed E-state index contributed by atoms with van der Waals surface area (Å²) in [5.41, 5.74) is 1.69. The molecule has 0 saturated heterocycles. The van der Waals surface area contributed by atoms with E-state index in [9.17, 15) is 22.8 Å². The van der Waals surface area contributed by atoms with Gasteiger partial charge < -0.3 is 5.32 Å². The number of sulfonamides is 1. The molecule has 1 atom stereocenters. The Bertz CT molecular complexity index is 1600. The van der Waals surface area contributed by atoms with Crippen LogP contribution in [0.4, 0.5) is 4.79 Å². The third-order valence-electron chi connectivity index (χ3n) is 5.86. The molecule has 4 amide bonds. The average molecular weight is 685 g/mol. The second kappa shape index (κ2) is 16.3. The van der Waals surface area contributed by atoms with Crippen LogP contribution in [0.3, 0.4) is 0 Å². The summed E-state index contributed by atoms with van der Waals surface area (Å²) >= 11 is 4.64. The van der Waals surface area contributed by atoms with Gasteiger partial charge in [0.15, 0.2) is 0 Å². The molecule has 0 saturated carbocycles. The molecule has 226 valence electrons. The van der Waals surface area contributed by atoms with Gasteiger partial charge in [0.2, 0.25) is 0 Å². The van der Waals surface area contributed by atoms with Gasteiger partial charge >= 0.3 is 6.03 Å². The number of nitrogens with one attached hydrogen (secondary N) is 2. The van der Waals surface area contributed by atoms with Gasteiger partial charge in [0.1, 0.15) is 6.04 Å². The summed E-state index contributed by atoms with van der Waals surface area (Å²) in [5.74, 6) is 5.75. The van der Waals surface area contributed by atoms with Crippen molar-refractivity contribution in [2.75, 3.05) is 18.1 Å². The zero-order valence-electron chi connectivity index (χ0n) is 24.2. The monoisotopic (exact) mass is 683 g/mol. The highest BCUT2D eigenvalue weighted by Gasteiger charge is 2.30. The predicted octanol–water partition coefficient (Wildman–Crippen LogP) is 5.67. The standard InChI is InChI=1S/C32H34BrN3O5S2/c1-4-18-36(31(38)26-13-8-12-25(19-26)17-16-24-10-6-5-7-11-24)32(39)34-29(22-42-21-23(2)3)30(37)35-43(40,41)28-15-9-14-27(33)20-28/h5-15,19-20,23,29H,4,18,21-22H2,1-3H3,(H,34,39)(H,35,37)/t29-/m0/s1. The number of benzene rings is 3. The second-order valence-electron chi connectivity index (χ2n) is 10.0. The minimum absolute atomic E-state index is 0.0917. The van der Waals surface area contributed by atoms with E-state index in [1.54, 1.807) is 30.3 Å². The highest BCUT2D eigenvalue weighted by atomic mass is 79.9. The fourth-order valence-corrected chi connectivity index (χ4v) is 6.49. The maximum absolute atomic E-state index is 13.5. The van der Waals surface area contributed by atoms with Crippen molar-refractivity contribution >= 4 is 55.6 Å². The Kier molecular flexibility index (Phi) is 12.9. The van der Waals surface area contributed by atoms with Crippen molar-refractivity contribution in [2.24, 2.45) is 5.92 Å². The largest absolute Gasteiger partial charge is 0.325 e. The molecule has 2 N–H and O–H groups in total. The van der Waals surface area contributed by atoms with Gasteiger partial charge in [-0.2, -0.15) is 11.8 Å². The van der Waals surface area contributed by atoms with E-state index in [4.69, 9.17) is 0 Å². The number of rotatable bonds is 11. The van der Waals surface area contributed by atoms with Gasteiger partial charge in [-0.05, 0) is 66.6 Å². The van der Waals surface area contributed by atoms with E-state index in [0.29, 0.717) is 28.1 Å². The molecular weight excluding hydrogens is 650 g/mol. The number of urea groups is 1. The molecule has 11 heteroatoms. The summed E-state index contributed by atoms with van der Waals surface area (Å²) in [6.07, 6.45) is 0.475. The van der Waals surface area contributed by atoms with Crippen molar-refractivity contribution in [3.05, 3.63) is 100 Å². The molecule has 0 aliphatic carbocycles. The van der Waals surface area contributed by atoms with Crippen molar-refractivity contribution in [1.82, 2.24) is 14.9 Å². The average Bonchev–Trinajstić information content (AvgIpc) is 2.98. The first kappa shape index (κ1) is 33.9. The molecule has 43 heavy (non-hydrogen) atoms. The number of hydrogen-bond acceptors (Lipinski definition) is 6. The van der Waals surface area contributed by atoms with E-state index in [1.165, 1.54) is 30.0 Å². The van der Waals surface area contributed by atoms with Gasteiger partial charge in [-0.1, -0.05) is 78.9 Å². The lowest BCUT2D eigenvalue weighted by Crippen LogP contribution is -2.54. The number of hydrogen-bond donors (Lipinski definition) is 2. The molecule has 3 aromatic rings. The number of nitrogens with zero attached hydrogens (tertiary/aromatic N) is 1. The summed E-state index contributed by atoms with van der Waals surface area (Å²) in [6, 6.07) is 20.0. The summed E-state index contributed by atoms with van der Waals surface area (Å²) < 4.78 is 28.5. The molecule has 0 fully saturated rings. The smallest absolute Gasteiger partial charge is 0.325 e. The fraction of sp³-hybridized carbons (Fsp3) is 0.281. The molecule has 8 nitrogen and oxygen atoms in total. The van der Waals surface area contributed by atoms with Gasteiger partial charge in [-0.25, -0.2) is 17.9 Å². The minimum atomic E-state index is -4.21. The zero-order valence-corrected chi connectivity index (χ0v) is 27.4. The van der Waals surface area contributed by atoms with E-state index in [2.05, 4.69) is 37.8 Å². The highest BCUT2D eigenvalue weighted by Crippen LogP contribution is 2.17. The van der Waals surface area contributed by atoms with E-state index in [1.807, 2.05) is 51.1 Å². The van der Waals surface area contributed by atoms with Crippen LogP contribution in [0, 0.1) is 17.8 Å². The molecule has 0 unspecified atom stereocenters. The molecule has 0 aliphatic heterocycles. The van der Waals surface area contributed by atoms with Gasteiger partial charge in [0.05, 0.1) is 4.90 Å². The Morgan fingerprint density at radius 1 is 0.907 bits per heavy atom. The molecule has 0 spiro atoms. The normalized spacial score (nSPS) is 11.7. The SMILES string of the molecule is CCCN(C(=O)N[C@@H](CSCC(C)C)C(=O)NS(=O)(=O)c1cccc(Br)c1)C(=O)c1cccc(C#Cc2ccccc2)c1. The Morgan fingerprint density at radius 2 is 1.58 bits per heavy atom. The van der Waals surface area contributed by atoms with Crippen molar-refractivity contribution in [2.45, 2.75) is 38.1 Å². The summed E-state index contributed by atoms with van der Waals surface area (Å²) in [7, 11) is -4.21. The number of halogens is 1. The molecular formula is C32H34BrN3O5S2. The third kappa shape index (κ3) is 10.6. The molecule has 3 rings (SSSR count). The second-order valence-corrected chi connectivity index (χ2v) is 13.7. The van der Waals surface area contributed by atoms with E-state index in [0.717, 1.165) is 10.5 Å². The Hall–Kier alpha value is -3.59. The predicted molar refractivity (Wildman–Crippen MR) is 174 cm³/mol. The van der Waals surface area contributed by atoms with Gasteiger partial charge in [-0.3, -0.25) is 14.5 Å². The molecule has 3 aromatic carbocycles. The van der Waals surface area contributed by atoms with E-state index >= 15 is 0 Å². The van der Waals surface area contributed by atoms with Crippen LogP contribution in [0.5, 0.6) is 0 Å². The topological polar surface area (TPSA) is 113 Å². The van der Waals surface area contributed by atoms with Crippen molar-refractivity contribution in [3.8, 4) is 11.8 Å². The number of thioether (sulfide) groups is 1. The highest BCUT2D eigenvalue weighted by molar-refractivity contribution is 9.10. The van der Waals surface area contributed by atoms with Crippen molar-refractivity contribution in [1.29, 1.82) is 0 Å². The molecule has 0 bridgehead atoms. The first-order valence-electron chi connectivity index (χ1n) is 13.7. The Balaban J connectivity index is 1.81. The van der Waals surface area contributed by atoms with Gasteiger partial charge in [-0.15, -0.1) is 0 Å². The molecule has 0 radical (unpaired) electrons. The number of imide groups is 1. The van der Waals surface area contributed by atoms with Crippen LogP contribution in [-0.2, 0) is 14.8 Å². The number of carbonyl (C=O) groups excluding carboxylic acids is 3. The van der Waals surface area contributed by atoms with Crippen LogP contribution in [0.1, 0.15) is 48.7 Å². The quantitative estimate of drug-likeness (QED) is 0.252. The first-order valence-corrected chi connectivity index (χ1v) is 17.1. The van der Waals surface area contributed by atoms with E-state index in [-0.39, 0.29) is 22.8 Å². The summed E-state index contributed by atoms with van der Waals surface area (Å²) in [6.45, 7) is 5.94. The maximum atomic E-state index is 13.5. The van der Waals surface area contributed by atoms with Crippen LogP contribution in [0.15, 0.2) is 88.2 Å². The zero-order chi connectivity index (χ0) is 31.4. The lowest BCUT2D eigenvalue weighted by Gasteiger charge is -2.25. The minimum Gasteiger partial charge on any atom is -0.325 e.